The van der Waals surface area contributed by atoms with Gasteiger partial charge >= 0.3 is 0 Å². The van der Waals surface area contributed by atoms with Crippen molar-refractivity contribution in [3.05, 3.63) is 39.3 Å². The Balaban J connectivity index is 2.39. The zero-order valence-corrected chi connectivity index (χ0v) is 11.7. The van der Waals surface area contributed by atoms with Crippen LogP contribution in [0.3, 0.4) is 0 Å². The van der Waals surface area contributed by atoms with Gasteiger partial charge in [-0.3, -0.25) is 14.0 Å². The molecule has 2 aromatic rings. The molecule has 102 valence electrons. The zero-order chi connectivity index (χ0) is 14.0. The molecule has 0 atom stereocenters. The summed E-state index contributed by atoms with van der Waals surface area (Å²) in [6, 6.07) is 1.99. The summed E-state index contributed by atoms with van der Waals surface area (Å²) in [6.07, 6.45) is 2.26. The molecule has 0 aliphatic rings. The minimum absolute atomic E-state index is 0.0255. The number of nitrogens with two attached hydrogens (primary N) is 1. The van der Waals surface area contributed by atoms with Crippen LogP contribution >= 0.6 is 11.6 Å². The van der Waals surface area contributed by atoms with Crippen molar-refractivity contribution in [3.63, 3.8) is 0 Å². The van der Waals surface area contributed by atoms with Crippen LogP contribution in [0, 0.1) is 0 Å². The first-order chi connectivity index (χ1) is 9.06. The largest absolute Gasteiger partial charge is 0.392 e. The van der Waals surface area contributed by atoms with Gasteiger partial charge in [0.2, 0.25) is 0 Å². The number of rotatable bonds is 4. The number of nitrogen functional groups attached to an aromatic ring is 1. The molecular formula is C12H16ClN5O. The van der Waals surface area contributed by atoms with Crippen LogP contribution in [-0.2, 0) is 19.5 Å². The van der Waals surface area contributed by atoms with Gasteiger partial charge in [0.25, 0.3) is 5.56 Å². The lowest BCUT2D eigenvalue weighted by molar-refractivity contribution is 0.587. The van der Waals surface area contributed by atoms with Gasteiger partial charge in [-0.2, -0.15) is 5.10 Å². The first kappa shape index (κ1) is 13.6. The second-order valence-corrected chi connectivity index (χ2v) is 4.54. The average Bonchev–Trinajstić information content (AvgIpc) is 2.82. The highest BCUT2D eigenvalue weighted by molar-refractivity contribution is 6.31. The fourth-order valence-corrected chi connectivity index (χ4v) is 1.99. The summed E-state index contributed by atoms with van der Waals surface area (Å²) in [6.45, 7) is 5.18. The van der Waals surface area contributed by atoms with Gasteiger partial charge in [0.15, 0.2) is 5.15 Å². The molecule has 0 saturated heterocycles. The number of hydrogen-bond donors (Lipinski definition) is 1. The van der Waals surface area contributed by atoms with E-state index in [9.17, 15) is 4.79 Å². The maximum absolute atomic E-state index is 12.0. The highest BCUT2D eigenvalue weighted by Gasteiger charge is 2.10. The molecule has 0 amide bonds. The lowest BCUT2D eigenvalue weighted by Crippen LogP contribution is -2.25. The lowest BCUT2D eigenvalue weighted by Gasteiger charge is -2.08. The molecule has 19 heavy (non-hydrogen) atoms. The second kappa shape index (κ2) is 5.44. The summed E-state index contributed by atoms with van der Waals surface area (Å²) < 4.78 is 3.31. The minimum Gasteiger partial charge on any atom is -0.392 e. The van der Waals surface area contributed by atoms with E-state index in [2.05, 4.69) is 10.1 Å². The van der Waals surface area contributed by atoms with Crippen LogP contribution in [0.2, 0.25) is 5.15 Å². The van der Waals surface area contributed by atoms with Gasteiger partial charge in [-0.15, -0.1) is 0 Å². The molecule has 0 saturated carbocycles. The summed E-state index contributed by atoms with van der Waals surface area (Å²) in [7, 11) is 0. The topological polar surface area (TPSA) is 78.7 Å². The van der Waals surface area contributed by atoms with Crippen molar-refractivity contribution in [1.29, 1.82) is 0 Å². The molecule has 0 aromatic carbocycles. The summed E-state index contributed by atoms with van der Waals surface area (Å²) in [5, 5.41) is 4.48. The number of anilines is 1. The van der Waals surface area contributed by atoms with E-state index >= 15 is 0 Å². The Bertz CT molecular complexity index is 646. The Hall–Kier alpha value is -1.82. The summed E-state index contributed by atoms with van der Waals surface area (Å²) >= 11 is 5.71. The van der Waals surface area contributed by atoms with Gasteiger partial charge in [0.1, 0.15) is 5.69 Å². The van der Waals surface area contributed by atoms with Crippen molar-refractivity contribution in [1.82, 2.24) is 19.3 Å². The summed E-state index contributed by atoms with van der Waals surface area (Å²) in [5.74, 6) is 0. The SMILES string of the molecule is CCc1cc(Cn2cnc(Cl)c(N)c2=O)n(CC)n1. The van der Waals surface area contributed by atoms with Gasteiger partial charge in [-0.1, -0.05) is 18.5 Å². The molecule has 2 rings (SSSR count). The molecule has 0 aliphatic carbocycles. The molecule has 2 heterocycles. The van der Waals surface area contributed by atoms with Crippen LogP contribution in [0.25, 0.3) is 0 Å². The molecule has 0 spiro atoms. The molecule has 7 heteroatoms. The highest BCUT2D eigenvalue weighted by atomic mass is 35.5. The van der Waals surface area contributed by atoms with Gasteiger partial charge in [-0.05, 0) is 19.4 Å². The third-order valence-electron chi connectivity index (χ3n) is 2.93. The van der Waals surface area contributed by atoms with Gasteiger partial charge < -0.3 is 5.73 Å². The standard InChI is InChI=1S/C12H16ClN5O/c1-3-8-5-9(18(4-2)16-8)6-17-7-15-11(13)10(14)12(17)19/h5,7H,3-4,6,14H2,1-2H3. The van der Waals surface area contributed by atoms with Crippen molar-refractivity contribution >= 4 is 17.3 Å². The number of nitrogens with zero attached hydrogens (tertiary/aromatic N) is 4. The Kier molecular flexibility index (Phi) is 3.90. The number of hydrogen-bond acceptors (Lipinski definition) is 4. The van der Waals surface area contributed by atoms with E-state index in [0.29, 0.717) is 6.54 Å². The normalized spacial score (nSPS) is 10.9. The Labute approximate surface area is 115 Å². The van der Waals surface area contributed by atoms with Gasteiger partial charge in [-0.25, -0.2) is 4.98 Å². The van der Waals surface area contributed by atoms with Crippen LogP contribution in [0.15, 0.2) is 17.2 Å². The van der Waals surface area contributed by atoms with Crippen LogP contribution in [0.5, 0.6) is 0 Å². The fourth-order valence-electron chi connectivity index (χ4n) is 1.86. The summed E-state index contributed by atoms with van der Waals surface area (Å²) in [4.78, 5) is 15.8. The van der Waals surface area contributed by atoms with Crippen molar-refractivity contribution in [2.24, 2.45) is 0 Å². The van der Waals surface area contributed by atoms with Crippen LogP contribution < -0.4 is 11.3 Å². The number of halogens is 1. The first-order valence-corrected chi connectivity index (χ1v) is 6.50. The molecule has 6 nitrogen and oxygen atoms in total. The van der Waals surface area contributed by atoms with Gasteiger partial charge in [0, 0.05) is 6.54 Å². The van der Waals surface area contributed by atoms with E-state index in [0.717, 1.165) is 24.4 Å². The third-order valence-corrected chi connectivity index (χ3v) is 3.23. The van der Waals surface area contributed by atoms with Crippen LogP contribution in [-0.4, -0.2) is 19.3 Å². The van der Waals surface area contributed by atoms with Crippen LogP contribution in [0.4, 0.5) is 5.69 Å². The Morgan fingerprint density at radius 3 is 2.79 bits per heavy atom. The number of aromatic nitrogens is 4. The van der Waals surface area contributed by atoms with E-state index in [-0.39, 0.29) is 16.4 Å². The molecule has 0 aliphatic heterocycles. The maximum Gasteiger partial charge on any atom is 0.278 e. The molecule has 2 N–H and O–H groups in total. The third kappa shape index (κ3) is 2.63. The summed E-state index contributed by atoms with van der Waals surface area (Å²) in [5.41, 5.74) is 7.18. The molecule has 0 bridgehead atoms. The van der Waals surface area contributed by atoms with Crippen LogP contribution in [0.1, 0.15) is 25.2 Å². The molecular weight excluding hydrogens is 266 g/mol. The maximum atomic E-state index is 12.0. The average molecular weight is 282 g/mol. The van der Waals surface area contributed by atoms with Crippen molar-refractivity contribution in [3.8, 4) is 0 Å². The van der Waals surface area contributed by atoms with E-state index in [1.807, 2.05) is 24.6 Å². The van der Waals surface area contributed by atoms with E-state index in [1.165, 1.54) is 10.9 Å². The predicted octanol–water partition coefficient (Wildman–Crippen LogP) is 1.31. The Morgan fingerprint density at radius 1 is 1.42 bits per heavy atom. The van der Waals surface area contributed by atoms with E-state index < -0.39 is 0 Å². The number of aryl methyl sites for hydroxylation is 2. The minimum atomic E-state index is -0.332. The van der Waals surface area contributed by atoms with Crippen molar-refractivity contribution in [2.75, 3.05) is 5.73 Å². The zero-order valence-electron chi connectivity index (χ0n) is 10.9. The van der Waals surface area contributed by atoms with E-state index in [4.69, 9.17) is 17.3 Å². The van der Waals surface area contributed by atoms with Crippen molar-refractivity contribution < 1.29 is 0 Å². The quantitative estimate of drug-likeness (QED) is 0.857. The first-order valence-electron chi connectivity index (χ1n) is 6.12. The highest BCUT2D eigenvalue weighted by Crippen LogP contribution is 2.10. The van der Waals surface area contributed by atoms with Gasteiger partial charge in [0.05, 0.1) is 24.3 Å². The molecule has 0 unspecified atom stereocenters. The monoisotopic (exact) mass is 281 g/mol. The molecule has 0 radical (unpaired) electrons. The Morgan fingerprint density at radius 2 is 2.16 bits per heavy atom. The second-order valence-electron chi connectivity index (χ2n) is 4.18. The molecule has 2 aromatic heterocycles. The lowest BCUT2D eigenvalue weighted by atomic mass is 10.3. The smallest absolute Gasteiger partial charge is 0.278 e. The predicted molar refractivity (Wildman–Crippen MR) is 74.3 cm³/mol. The fraction of sp³-hybridized carbons (Fsp3) is 0.417. The molecule has 0 fully saturated rings. The van der Waals surface area contributed by atoms with Crippen molar-refractivity contribution in [2.45, 2.75) is 33.4 Å². The van der Waals surface area contributed by atoms with E-state index in [1.54, 1.807) is 0 Å².